The van der Waals surface area contributed by atoms with Crippen LogP contribution in [0.5, 0.6) is 0 Å². The normalized spacial score (nSPS) is 11.5. The molecule has 3 aromatic rings. The minimum atomic E-state index is -4.45. The molecular weight excluding hydrogens is 327 g/mol. The fourth-order valence-electron chi connectivity index (χ4n) is 2.72. The molecule has 0 radical (unpaired) electrons. The van der Waals surface area contributed by atoms with Gasteiger partial charge in [-0.15, -0.1) is 0 Å². The highest BCUT2D eigenvalue weighted by Crippen LogP contribution is 2.35. The molecule has 0 spiro atoms. The molecule has 0 atom stereocenters. The van der Waals surface area contributed by atoms with E-state index >= 15 is 0 Å². The zero-order chi connectivity index (χ0) is 18.0. The van der Waals surface area contributed by atoms with E-state index in [1.54, 1.807) is 6.07 Å². The second-order valence-corrected chi connectivity index (χ2v) is 5.56. The first-order valence-corrected chi connectivity index (χ1v) is 7.78. The van der Waals surface area contributed by atoms with Crippen molar-refractivity contribution < 1.29 is 13.2 Å². The van der Waals surface area contributed by atoms with E-state index in [1.165, 1.54) is 12.3 Å². The van der Waals surface area contributed by atoms with Crippen LogP contribution in [0.4, 0.5) is 19.0 Å². The van der Waals surface area contributed by atoms with E-state index in [4.69, 9.17) is 5.73 Å². The summed E-state index contributed by atoms with van der Waals surface area (Å²) in [5.41, 5.74) is 8.90. The van der Waals surface area contributed by atoms with Gasteiger partial charge < -0.3 is 5.73 Å². The lowest BCUT2D eigenvalue weighted by molar-refractivity contribution is -0.141. The molecule has 1 aromatic carbocycles. The van der Waals surface area contributed by atoms with E-state index in [-0.39, 0.29) is 0 Å². The van der Waals surface area contributed by atoms with Gasteiger partial charge in [0.05, 0.1) is 5.69 Å². The Hall–Kier alpha value is -2.89. The average molecular weight is 343 g/mol. The lowest BCUT2D eigenvalue weighted by atomic mass is 9.94. The molecule has 0 fully saturated rings. The molecule has 2 N–H and O–H groups in total. The summed E-state index contributed by atoms with van der Waals surface area (Å²) in [7, 11) is 0. The van der Waals surface area contributed by atoms with Gasteiger partial charge in [-0.2, -0.15) is 13.2 Å². The molecule has 2 aromatic heterocycles. The summed E-state index contributed by atoms with van der Waals surface area (Å²) in [6, 6.07) is 13.5. The number of rotatable bonds is 3. The number of benzene rings is 1. The van der Waals surface area contributed by atoms with Crippen LogP contribution in [0.3, 0.4) is 0 Å². The number of anilines is 1. The second kappa shape index (κ2) is 6.55. The summed E-state index contributed by atoms with van der Waals surface area (Å²) in [5, 5.41) is 0. The Labute approximate surface area is 143 Å². The number of alkyl halides is 3. The minimum Gasteiger partial charge on any atom is -0.384 e. The lowest BCUT2D eigenvalue weighted by Crippen LogP contribution is -2.07. The maximum Gasteiger partial charge on any atom is 0.433 e. The summed E-state index contributed by atoms with van der Waals surface area (Å²) in [6.07, 6.45) is -2.51. The summed E-state index contributed by atoms with van der Waals surface area (Å²) in [4.78, 5) is 7.92. The summed E-state index contributed by atoms with van der Waals surface area (Å²) in [6.45, 7) is 1.98. The molecule has 0 aliphatic rings. The van der Waals surface area contributed by atoms with E-state index in [9.17, 15) is 13.2 Å². The first kappa shape index (κ1) is 17.0. The predicted octanol–water partition coefficient (Wildman–Crippen LogP) is 4.97. The number of nitrogen functional groups attached to an aromatic ring is 1. The van der Waals surface area contributed by atoms with E-state index in [0.29, 0.717) is 17.8 Å². The zero-order valence-corrected chi connectivity index (χ0v) is 13.5. The number of hydrogen-bond acceptors (Lipinski definition) is 3. The molecule has 2 heterocycles. The molecule has 0 aliphatic heterocycles. The molecule has 6 heteroatoms. The van der Waals surface area contributed by atoms with E-state index in [0.717, 1.165) is 28.5 Å². The van der Waals surface area contributed by atoms with Crippen molar-refractivity contribution in [3.8, 4) is 22.3 Å². The van der Waals surface area contributed by atoms with Crippen molar-refractivity contribution in [3.05, 3.63) is 66.1 Å². The predicted molar refractivity (Wildman–Crippen MR) is 91.7 cm³/mol. The Morgan fingerprint density at radius 2 is 1.64 bits per heavy atom. The highest BCUT2D eigenvalue weighted by Gasteiger charge is 2.32. The number of nitrogens with two attached hydrogens (primary N) is 1. The molecule has 128 valence electrons. The number of aromatic nitrogens is 2. The number of nitrogens with zero attached hydrogens (tertiary/aromatic N) is 2. The third-order valence-corrected chi connectivity index (χ3v) is 3.91. The van der Waals surface area contributed by atoms with Crippen LogP contribution in [0.25, 0.3) is 22.3 Å². The summed E-state index contributed by atoms with van der Waals surface area (Å²) < 4.78 is 38.2. The standard InChI is InChI=1S/C19H16F3N3/c1-2-16-15(8-10-18(23)25-16)14-6-4-3-5-13(14)12-7-9-17(24-11-12)19(20,21)22/h3-11H,2H2,1H3,(H2,23,25). The van der Waals surface area contributed by atoms with Crippen LogP contribution < -0.4 is 5.73 Å². The molecule has 0 saturated heterocycles. The first-order chi connectivity index (χ1) is 11.9. The zero-order valence-electron chi connectivity index (χ0n) is 13.5. The largest absolute Gasteiger partial charge is 0.433 e. The van der Waals surface area contributed by atoms with Crippen molar-refractivity contribution in [1.82, 2.24) is 9.97 Å². The van der Waals surface area contributed by atoms with Gasteiger partial charge in [0.15, 0.2) is 0 Å². The van der Waals surface area contributed by atoms with Gasteiger partial charge in [-0.3, -0.25) is 4.98 Å². The van der Waals surface area contributed by atoms with Crippen molar-refractivity contribution in [2.24, 2.45) is 0 Å². The molecule has 3 rings (SSSR count). The number of aryl methyl sites for hydroxylation is 1. The summed E-state index contributed by atoms with van der Waals surface area (Å²) >= 11 is 0. The maximum atomic E-state index is 12.7. The van der Waals surface area contributed by atoms with E-state index < -0.39 is 11.9 Å². The fraction of sp³-hybridized carbons (Fsp3) is 0.158. The smallest absolute Gasteiger partial charge is 0.384 e. The second-order valence-electron chi connectivity index (χ2n) is 5.56. The van der Waals surface area contributed by atoms with Crippen molar-refractivity contribution in [2.45, 2.75) is 19.5 Å². The number of halogens is 3. The molecule has 0 saturated carbocycles. The topological polar surface area (TPSA) is 51.8 Å². The Kier molecular flexibility index (Phi) is 4.44. The van der Waals surface area contributed by atoms with Crippen molar-refractivity contribution in [2.75, 3.05) is 5.73 Å². The lowest BCUT2D eigenvalue weighted by Gasteiger charge is -2.14. The Morgan fingerprint density at radius 3 is 2.24 bits per heavy atom. The molecule has 0 unspecified atom stereocenters. The molecule has 3 nitrogen and oxygen atoms in total. The molecule has 25 heavy (non-hydrogen) atoms. The third-order valence-electron chi connectivity index (χ3n) is 3.91. The molecule has 0 bridgehead atoms. The van der Waals surface area contributed by atoms with Gasteiger partial charge in [-0.25, -0.2) is 4.98 Å². The van der Waals surface area contributed by atoms with Crippen LogP contribution >= 0.6 is 0 Å². The number of pyridine rings is 2. The van der Waals surface area contributed by atoms with Gasteiger partial charge >= 0.3 is 6.18 Å². The van der Waals surface area contributed by atoms with Gasteiger partial charge in [-0.05, 0) is 35.7 Å². The van der Waals surface area contributed by atoms with Gasteiger partial charge in [0.1, 0.15) is 11.5 Å². The van der Waals surface area contributed by atoms with Gasteiger partial charge in [0.25, 0.3) is 0 Å². The Bertz CT molecular complexity index is 887. The van der Waals surface area contributed by atoms with Crippen LogP contribution in [0.15, 0.2) is 54.7 Å². The fourth-order valence-corrected chi connectivity index (χ4v) is 2.72. The Balaban J connectivity index is 2.11. The average Bonchev–Trinajstić information content (AvgIpc) is 2.61. The van der Waals surface area contributed by atoms with Crippen molar-refractivity contribution in [1.29, 1.82) is 0 Å². The monoisotopic (exact) mass is 343 g/mol. The minimum absolute atomic E-state index is 0.439. The van der Waals surface area contributed by atoms with Crippen LogP contribution in [0, 0.1) is 0 Å². The van der Waals surface area contributed by atoms with Crippen LogP contribution in [0.1, 0.15) is 18.3 Å². The van der Waals surface area contributed by atoms with Crippen LogP contribution in [-0.4, -0.2) is 9.97 Å². The van der Waals surface area contributed by atoms with Crippen molar-refractivity contribution >= 4 is 5.82 Å². The SMILES string of the molecule is CCc1nc(N)ccc1-c1ccccc1-c1ccc(C(F)(F)F)nc1. The molecule has 0 aliphatic carbocycles. The molecule has 0 amide bonds. The van der Waals surface area contributed by atoms with E-state index in [1.807, 2.05) is 37.3 Å². The highest BCUT2D eigenvalue weighted by atomic mass is 19.4. The van der Waals surface area contributed by atoms with Crippen LogP contribution in [-0.2, 0) is 12.6 Å². The number of hydrogen-bond donors (Lipinski definition) is 1. The highest BCUT2D eigenvalue weighted by molar-refractivity contribution is 5.84. The summed E-state index contributed by atoms with van der Waals surface area (Å²) in [5.74, 6) is 0.439. The van der Waals surface area contributed by atoms with E-state index in [2.05, 4.69) is 9.97 Å². The quantitative estimate of drug-likeness (QED) is 0.730. The van der Waals surface area contributed by atoms with Gasteiger partial charge in [-0.1, -0.05) is 37.3 Å². The van der Waals surface area contributed by atoms with Crippen LogP contribution in [0.2, 0.25) is 0 Å². The van der Waals surface area contributed by atoms with Crippen molar-refractivity contribution in [3.63, 3.8) is 0 Å². The molecular formula is C19H16F3N3. The van der Waals surface area contributed by atoms with Gasteiger partial charge in [0.2, 0.25) is 0 Å². The maximum absolute atomic E-state index is 12.7. The first-order valence-electron chi connectivity index (χ1n) is 7.78. The Morgan fingerprint density at radius 1 is 0.920 bits per heavy atom. The third kappa shape index (κ3) is 3.47. The van der Waals surface area contributed by atoms with Gasteiger partial charge in [0, 0.05) is 17.3 Å².